The molecule has 2 rings (SSSR count). The number of nitrogens with one attached hydrogen (secondary N) is 1. The normalized spacial score (nSPS) is 9.47. The Morgan fingerprint density at radius 3 is 2.16 bits per heavy atom. The zero-order valence-corrected chi connectivity index (χ0v) is 11.8. The van der Waals surface area contributed by atoms with Crippen molar-refractivity contribution in [3.63, 3.8) is 0 Å². The Bertz CT molecular complexity index is 647. The molecule has 0 amide bonds. The number of hydrogen-bond acceptors (Lipinski definition) is 3. The molecule has 0 aromatic heterocycles. The summed E-state index contributed by atoms with van der Waals surface area (Å²) in [6, 6.07) is 15.4. The van der Waals surface area contributed by atoms with E-state index < -0.39 is 0 Å². The molecule has 2 aromatic rings. The van der Waals surface area contributed by atoms with Gasteiger partial charge in [0, 0.05) is 4.47 Å². The van der Waals surface area contributed by atoms with Crippen molar-refractivity contribution in [2.75, 3.05) is 5.32 Å². The van der Waals surface area contributed by atoms with Gasteiger partial charge in [0.1, 0.15) is 12.1 Å². The fourth-order valence-corrected chi connectivity index (χ4v) is 2.26. The molecule has 0 aliphatic carbocycles. The van der Waals surface area contributed by atoms with E-state index in [1.165, 1.54) is 0 Å². The molecule has 0 fully saturated rings. The molecule has 4 heteroatoms. The SMILES string of the molecule is Cc1cccc(Nc2cccc(Br)c2C#N)c1C#N. The van der Waals surface area contributed by atoms with Gasteiger partial charge in [0.2, 0.25) is 0 Å². The summed E-state index contributed by atoms with van der Waals surface area (Å²) in [6.07, 6.45) is 0. The number of rotatable bonds is 2. The van der Waals surface area contributed by atoms with Crippen LogP contribution in [0.4, 0.5) is 11.4 Å². The van der Waals surface area contributed by atoms with Gasteiger partial charge in [0.05, 0.1) is 22.5 Å². The molecular weight excluding hydrogens is 302 g/mol. The summed E-state index contributed by atoms with van der Waals surface area (Å²) in [5.41, 5.74) is 3.40. The van der Waals surface area contributed by atoms with Crippen LogP contribution in [0.2, 0.25) is 0 Å². The minimum atomic E-state index is 0.521. The highest BCUT2D eigenvalue weighted by Gasteiger charge is 2.09. The topological polar surface area (TPSA) is 59.6 Å². The average molecular weight is 312 g/mol. The van der Waals surface area contributed by atoms with Gasteiger partial charge in [0.25, 0.3) is 0 Å². The number of halogens is 1. The highest BCUT2D eigenvalue weighted by atomic mass is 79.9. The van der Waals surface area contributed by atoms with Gasteiger partial charge in [0.15, 0.2) is 0 Å². The summed E-state index contributed by atoms with van der Waals surface area (Å²) < 4.78 is 0.728. The van der Waals surface area contributed by atoms with Crippen molar-refractivity contribution in [2.24, 2.45) is 0 Å². The molecule has 0 bridgehead atoms. The number of nitriles is 2. The van der Waals surface area contributed by atoms with Gasteiger partial charge in [-0.05, 0) is 46.6 Å². The Morgan fingerprint density at radius 1 is 0.947 bits per heavy atom. The van der Waals surface area contributed by atoms with E-state index in [0.29, 0.717) is 22.5 Å². The van der Waals surface area contributed by atoms with Crippen LogP contribution in [0.3, 0.4) is 0 Å². The highest BCUT2D eigenvalue weighted by molar-refractivity contribution is 9.10. The Hall–Kier alpha value is -2.30. The maximum Gasteiger partial charge on any atom is 0.103 e. The second-order valence-electron chi connectivity index (χ2n) is 4.01. The third-order valence-corrected chi connectivity index (χ3v) is 3.44. The number of nitrogens with zero attached hydrogens (tertiary/aromatic N) is 2. The predicted molar refractivity (Wildman–Crippen MR) is 78.0 cm³/mol. The molecular formula is C15H10BrN3. The smallest absolute Gasteiger partial charge is 0.103 e. The van der Waals surface area contributed by atoms with Gasteiger partial charge in [-0.3, -0.25) is 0 Å². The van der Waals surface area contributed by atoms with Crippen LogP contribution in [0.25, 0.3) is 0 Å². The van der Waals surface area contributed by atoms with E-state index in [-0.39, 0.29) is 0 Å². The third-order valence-electron chi connectivity index (χ3n) is 2.78. The quantitative estimate of drug-likeness (QED) is 0.902. The number of anilines is 2. The molecule has 3 nitrogen and oxygen atoms in total. The minimum Gasteiger partial charge on any atom is -0.353 e. The fourth-order valence-electron chi connectivity index (χ4n) is 1.81. The lowest BCUT2D eigenvalue weighted by Gasteiger charge is -2.11. The van der Waals surface area contributed by atoms with Gasteiger partial charge in [-0.15, -0.1) is 0 Å². The zero-order valence-electron chi connectivity index (χ0n) is 10.2. The van der Waals surface area contributed by atoms with Crippen molar-refractivity contribution >= 4 is 27.3 Å². The van der Waals surface area contributed by atoms with Crippen LogP contribution >= 0.6 is 15.9 Å². The van der Waals surface area contributed by atoms with E-state index in [2.05, 4.69) is 33.4 Å². The van der Waals surface area contributed by atoms with E-state index in [1.54, 1.807) is 0 Å². The monoisotopic (exact) mass is 311 g/mol. The van der Waals surface area contributed by atoms with Gasteiger partial charge in [-0.2, -0.15) is 10.5 Å². The van der Waals surface area contributed by atoms with Gasteiger partial charge >= 0.3 is 0 Å². The largest absolute Gasteiger partial charge is 0.353 e. The van der Waals surface area contributed by atoms with Crippen molar-refractivity contribution < 1.29 is 0 Å². The van der Waals surface area contributed by atoms with Crippen LogP contribution in [-0.4, -0.2) is 0 Å². The Morgan fingerprint density at radius 2 is 1.53 bits per heavy atom. The van der Waals surface area contributed by atoms with Crippen LogP contribution in [0.1, 0.15) is 16.7 Å². The fraction of sp³-hybridized carbons (Fsp3) is 0.0667. The van der Waals surface area contributed by atoms with Gasteiger partial charge < -0.3 is 5.32 Å². The van der Waals surface area contributed by atoms with Gasteiger partial charge in [-0.25, -0.2) is 0 Å². The summed E-state index contributed by atoms with van der Waals surface area (Å²) in [5, 5.41) is 21.5. The van der Waals surface area contributed by atoms with E-state index in [1.807, 2.05) is 43.3 Å². The molecule has 0 aliphatic rings. The predicted octanol–water partition coefficient (Wildman–Crippen LogP) is 4.24. The van der Waals surface area contributed by atoms with Crippen LogP contribution < -0.4 is 5.32 Å². The highest BCUT2D eigenvalue weighted by Crippen LogP contribution is 2.28. The first-order valence-electron chi connectivity index (χ1n) is 5.62. The van der Waals surface area contributed by atoms with Crippen molar-refractivity contribution in [3.8, 4) is 12.1 Å². The van der Waals surface area contributed by atoms with Crippen LogP contribution in [-0.2, 0) is 0 Å². The summed E-state index contributed by atoms with van der Waals surface area (Å²) in [7, 11) is 0. The number of benzene rings is 2. The lowest BCUT2D eigenvalue weighted by molar-refractivity contribution is 1.37. The summed E-state index contributed by atoms with van der Waals surface area (Å²) in [4.78, 5) is 0. The minimum absolute atomic E-state index is 0.521. The molecule has 0 unspecified atom stereocenters. The molecule has 19 heavy (non-hydrogen) atoms. The summed E-state index contributed by atoms with van der Waals surface area (Å²) in [6.45, 7) is 1.88. The molecule has 0 spiro atoms. The van der Waals surface area contributed by atoms with Crippen LogP contribution in [0.15, 0.2) is 40.9 Å². The number of aryl methyl sites for hydroxylation is 1. The molecule has 1 N–H and O–H groups in total. The third kappa shape index (κ3) is 2.59. The maximum atomic E-state index is 9.19. The standard InChI is InChI=1S/C15H10BrN3/c1-10-4-2-6-14(11(10)8-17)19-15-7-3-5-13(16)12(15)9-18/h2-7,19H,1H3. The Kier molecular flexibility index (Phi) is 3.85. The molecule has 2 aromatic carbocycles. The molecule has 92 valence electrons. The summed E-state index contributed by atoms with van der Waals surface area (Å²) >= 11 is 3.34. The summed E-state index contributed by atoms with van der Waals surface area (Å²) in [5.74, 6) is 0. The molecule has 0 radical (unpaired) electrons. The molecule has 0 heterocycles. The van der Waals surface area contributed by atoms with E-state index in [0.717, 1.165) is 10.0 Å². The van der Waals surface area contributed by atoms with Crippen LogP contribution in [0.5, 0.6) is 0 Å². The second-order valence-corrected chi connectivity index (χ2v) is 4.86. The maximum absolute atomic E-state index is 9.19. The van der Waals surface area contributed by atoms with Gasteiger partial charge in [-0.1, -0.05) is 18.2 Å². The van der Waals surface area contributed by atoms with Crippen molar-refractivity contribution in [3.05, 3.63) is 57.6 Å². The lowest BCUT2D eigenvalue weighted by Crippen LogP contribution is -1.98. The average Bonchev–Trinajstić information content (AvgIpc) is 2.39. The van der Waals surface area contributed by atoms with Crippen LogP contribution in [0, 0.1) is 29.6 Å². The van der Waals surface area contributed by atoms with E-state index in [9.17, 15) is 10.5 Å². The molecule has 0 atom stereocenters. The number of hydrogen-bond donors (Lipinski definition) is 1. The Labute approximate surface area is 120 Å². The van der Waals surface area contributed by atoms with Crippen molar-refractivity contribution in [2.45, 2.75) is 6.92 Å². The first-order valence-corrected chi connectivity index (χ1v) is 6.42. The molecule has 0 saturated heterocycles. The lowest BCUT2D eigenvalue weighted by atomic mass is 10.1. The van der Waals surface area contributed by atoms with Crippen molar-refractivity contribution in [1.29, 1.82) is 10.5 Å². The molecule has 0 saturated carbocycles. The zero-order chi connectivity index (χ0) is 13.8. The van der Waals surface area contributed by atoms with E-state index in [4.69, 9.17) is 0 Å². The van der Waals surface area contributed by atoms with Crippen molar-refractivity contribution in [1.82, 2.24) is 0 Å². The molecule has 0 aliphatic heterocycles. The van der Waals surface area contributed by atoms with E-state index >= 15 is 0 Å². The first-order chi connectivity index (χ1) is 9.17. The second kappa shape index (κ2) is 5.56. The first kappa shape index (κ1) is 13.1. The Balaban J connectivity index is 2.50.